The van der Waals surface area contributed by atoms with Gasteiger partial charge in [0.15, 0.2) is 5.78 Å². The summed E-state index contributed by atoms with van der Waals surface area (Å²) in [5.41, 5.74) is 1.10. The van der Waals surface area contributed by atoms with Crippen molar-refractivity contribution in [1.82, 2.24) is 0 Å². The number of hydrogen-bond donors (Lipinski definition) is 1. The minimum atomic E-state index is -4.10. The molecule has 1 amide bonds. The molecule has 0 aliphatic heterocycles. The normalized spacial score (nSPS) is 11.0. The topological polar surface area (TPSA) is 92.8 Å². The predicted octanol–water partition coefficient (Wildman–Crippen LogP) is 4.84. The fourth-order valence-electron chi connectivity index (χ4n) is 3.26. The molecule has 0 saturated heterocycles. The van der Waals surface area contributed by atoms with Crippen molar-refractivity contribution in [3.05, 3.63) is 78.4 Å². The van der Waals surface area contributed by atoms with Gasteiger partial charge in [0.25, 0.3) is 10.0 Å². The van der Waals surface area contributed by atoms with Gasteiger partial charge in [0, 0.05) is 16.1 Å². The van der Waals surface area contributed by atoms with Crippen LogP contribution < -0.4 is 14.4 Å². The molecule has 0 aliphatic carbocycles. The first kappa shape index (κ1) is 25.3. The number of carbonyl (C=O) groups is 2. The van der Waals surface area contributed by atoms with E-state index in [0.717, 1.165) is 9.20 Å². The fraction of sp³-hybridized carbons (Fsp3) is 0.200. The monoisotopic (exact) mass is 498 g/mol. The van der Waals surface area contributed by atoms with Crippen LogP contribution in [0.25, 0.3) is 0 Å². The number of ketones is 1. The van der Waals surface area contributed by atoms with Crippen LogP contribution in [-0.4, -0.2) is 39.5 Å². The summed E-state index contributed by atoms with van der Waals surface area (Å²) in [6.45, 7) is 3.08. The lowest BCUT2D eigenvalue weighted by atomic mass is 10.1. The van der Waals surface area contributed by atoms with E-state index in [1.807, 2.05) is 6.26 Å². The van der Waals surface area contributed by atoms with E-state index in [0.29, 0.717) is 23.6 Å². The molecule has 0 aromatic heterocycles. The number of sulfonamides is 1. The van der Waals surface area contributed by atoms with Gasteiger partial charge in [-0.3, -0.25) is 13.9 Å². The molecule has 9 heteroatoms. The Morgan fingerprint density at radius 1 is 1.00 bits per heavy atom. The van der Waals surface area contributed by atoms with Gasteiger partial charge in [-0.05, 0) is 68.6 Å². The Morgan fingerprint density at radius 3 is 2.35 bits per heavy atom. The fourth-order valence-corrected chi connectivity index (χ4v) is 5.10. The van der Waals surface area contributed by atoms with Crippen molar-refractivity contribution >= 4 is 44.9 Å². The second kappa shape index (κ2) is 11.2. The second-order valence-corrected chi connectivity index (χ2v) is 10.0. The number of anilines is 2. The lowest BCUT2D eigenvalue weighted by Gasteiger charge is -2.26. The van der Waals surface area contributed by atoms with E-state index in [1.165, 1.54) is 30.8 Å². The molecule has 0 radical (unpaired) electrons. The highest BCUT2D eigenvalue weighted by Gasteiger charge is 2.29. The summed E-state index contributed by atoms with van der Waals surface area (Å²) in [4.78, 5) is 25.6. The molecule has 0 fully saturated rings. The third kappa shape index (κ3) is 5.98. The van der Waals surface area contributed by atoms with Gasteiger partial charge in [0.1, 0.15) is 12.3 Å². The van der Waals surface area contributed by atoms with Gasteiger partial charge in [-0.15, -0.1) is 11.8 Å². The summed E-state index contributed by atoms with van der Waals surface area (Å²) in [5.74, 6) is -0.350. The van der Waals surface area contributed by atoms with Crippen molar-refractivity contribution in [1.29, 1.82) is 0 Å². The number of benzene rings is 3. The molecule has 178 valence electrons. The molecule has 0 aliphatic rings. The predicted molar refractivity (Wildman–Crippen MR) is 135 cm³/mol. The van der Waals surface area contributed by atoms with Crippen LogP contribution in [0.3, 0.4) is 0 Å². The van der Waals surface area contributed by atoms with Crippen molar-refractivity contribution in [3.8, 4) is 5.75 Å². The largest absolute Gasteiger partial charge is 0.492 e. The molecule has 7 nitrogen and oxygen atoms in total. The maximum absolute atomic E-state index is 13.7. The Kier molecular flexibility index (Phi) is 8.36. The lowest BCUT2D eigenvalue weighted by molar-refractivity contribution is -0.114. The molecule has 0 saturated carbocycles. The average Bonchev–Trinajstić information content (AvgIpc) is 2.83. The molecule has 34 heavy (non-hydrogen) atoms. The summed E-state index contributed by atoms with van der Waals surface area (Å²) >= 11 is 1.50. The van der Waals surface area contributed by atoms with Crippen LogP contribution >= 0.6 is 11.8 Å². The van der Waals surface area contributed by atoms with Gasteiger partial charge in [-0.25, -0.2) is 8.42 Å². The zero-order valence-corrected chi connectivity index (χ0v) is 20.8. The molecule has 0 heterocycles. The Balaban J connectivity index is 1.99. The van der Waals surface area contributed by atoms with Crippen LogP contribution in [-0.2, 0) is 14.8 Å². The zero-order chi connectivity index (χ0) is 24.7. The van der Waals surface area contributed by atoms with Crippen LogP contribution in [0.5, 0.6) is 5.75 Å². The van der Waals surface area contributed by atoms with E-state index in [1.54, 1.807) is 67.6 Å². The van der Waals surface area contributed by atoms with E-state index in [4.69, 9.17) is 4.74 Å². The molecule has 3 aromatic carbocycles. The Labute approximate surface area is 204 Å². The van der Waals surface area contributed by atoms with Crippen LogP contribution in [0.1, 0.15) is 24.2 Å². The van der Waals surface area contributed by atoms with Crippen molar-refractivity contribution in [3.63, 3.8) is 0 Å². The average molecular weight is 499 g/mol. The molecular formula is C25H26N2O5S2. The molecule has 0 bridgehead atoms. The highest BCUT2D eigenvalue weighted by Crippen LogP contribution is 2.33. The molecular weight excluding hydrogens is 472 g/mol. The van der Waals surface area contributed by atoms with Gasteiger partial charge in [-0.1, -0.05) is 24.3 Å². The van der Waals surface area contributed by atoms with Gasteiger partial charge in [0.05, 0.1) is 17.2 Å². The second-order valence-electron chi connectivity index (χ2n) is 7.27. The number of carbonyl (C=O) groups excluding carboxylic acids is 2. The quantitative estimate of drug-likeness (QED) is 0.318. The maximum atomic E-state index is 13.7. The van der Waals surface area contributed by atoms with E-state index in [9.17, 15) is 18.0 Å². The minimum absolute atomic E-state index is 0.0583. The third-order valence-corrected chi connectivity index (χ3v) is 7.44. The number of thioether (sulfide) groups is 1. The van der Waals surface area contributed by atoms with Gasteiger partial charge < -0.3 is 10.1 Å². The van der Waals surface area contributed by atoms with Gasteiger partial charge >= 0.3 is 0 Å². The number of para-hydroxylation sites is 2. The van der Waals surface area contributed by atoms with E-state index >= 15 is 0 Å². The summed E-state index contributed by atoms with van der Waals surface area (Å²) in [7, 11) is -4.10. The number of rotatable bonds is 10. The van der Waals surface area contributed by atoms with Crippen LogP contribution in [0, 0.1) is 0 Å². The molecule has 3 aromatic rings. The molecule has 1 N–H and O–H groups in total. The maximum Gasteiger partial charge on any atom is 0.264 e. The third-order valence-electron chi connectivity index (χ3n) is 4.92. The summed E-state index contributed by atoms with van der Waals surface area (Å²) in [6, 6.07) is 19.6. The van der Waals surface area contributed by atoms with Crippen molar-refractivity contribution < 1.29 is 22.7 Å². The summed E-state index contributed by atoms with van der Waals surface area (Å²) < 4.78 is 34.0. The zero-order valence-electron chi connectivity index (χ0n) is 19.1. The first-order valence-electron chi connectivity index (χ1n) is 10.6. The highest BCUT2D eigenvalue weighted by atomic mass is 32.2. The number of hydrogen-bond acceptors (Lipinski definition) is 6. The van der Waals surface area contributed by atoms with Gasteiger partial charge in [0.2, 0.25) is 5.91 Å². The SMILES string of the molecule is CCOc1ccccc1N(CC(=O)Nc1cccc(C(C)=O)c1)S(=O)(=O)c1ccc(SC)cc1. The van der Waals surface area contributed by atoms with Crippen LogP contribution in [0.2, 0.25) is 0 Å². The standard InChI is InChI=1S/C25H26N2O5S2/c1-4-32-24-11-6-5-10-23(24)27(34(30,31)22-14-12-21(33-3)13-15-22)17-25(29)26-20-9-7-8-19(16-20)18(2)28/h5-16H,4,17H2,1-3H3,(H,26,29). The van der Waals surface area contributed by atoms with E-state index in [-0.39, 0.29) is 16.4 Å². The van der Waals surface area contributed by atoms with Crippen LogP contribution in [0.4, 0.5) is 11.4 Å². The summed E-state index contributed by atoms with van der Waals surface area (Å²) in [5, 5.41) is 2.69. The van der Waals surface area contributed by atoms with Crippen molar-refractivity contribution in [2.75, 3.05) is 29.0 Å². The lowest BCUT2D eigenvalue weighted by Crippen LogP contribution is -2.38. The highest BCUT2D eigenvalue weighted by molar-refractivity contribution is 7.98. The minimum Gasteiger partial charge on any atom is -0.492 e. The van der Waals surface area contributed by atoms with E-state index < -0.39 is 22.5 Å². The Bertz CT molecular complexity index is 1270. The number of nitrogens with one attached hydrogen (secondary N) is 1. The Hall–Kier alpha value is -3.30. The van der Waals surface area contributed by atoms with Crippen LogP contribution in [0.15, 0.2) is 82.6 Å². The molecule has 0 atom stereocenters. The number of amides is 1. The van der Waals surface area contributed by atoms with E-state index in [2.05, 4.69) is 5.32 Å². The smallest absolute Gasteiger partial charge is 0.264 e. The van der Waals surface area contributed by atoms with Crippen molar-refractivity contribution in [2.45, 2.75) is 23.6 Å². The van der Waals surface area contributed by atoms with Crippen molar-refractivity contribution in [2.24, 2.45) is 0 Å². The molecule has 0 spiro atoms. The number of ether oxygens (including phenoxy) is 1. The Morgan fingerprint density at radius 2 is 1.71 bits per heavy atom. The molecule has 0 unspecified atom stereocenters. The summed E-state index contributed by atoms with van der Waals surface area (Å²) in [6.07, 6.45) is 1.90. The number of nitrogens with zero attached hydrogens (tertiary/aromatic N) is 1. The number of Topliss-reactive ketones (excluding diaryl/α,β-unsaturated/α-hetero) is 1. The molecule has 3 rings (SSSR count). The first-order valence-corrected chi connectivity index (χ1v) is 13.2. The first-order chi connectivity index (χ1) is 16.3. The van der Waals surface area contributed by atoms with Gasteiger partial charge in [-0.2, -0.15) is 0 Å².